The van der Waals surface area contributed by atoms with E-state index in [2.05, 4.69) is 22.9 Å². The number of hydrogen-bond acceptors (Lipinski definition) is 9. The molecule has 0 saturated carbocycles. The third-order valence-electron chi connectivity index (χ3n) is 2.16. The first kappa shape index (κ1) is 27.8. The van der Waals surface area contributed by atoms with Crippen molar-refractivity contribution in [2.24, 2.45) is 0 Å². The maximum atomic E-state index is 10.6. The second kappa shape index (κ2) is 15.5. The minimum Gasteiger partial charge on any atom is -0.663 e. The molecule has 0 spiro atoms. The van der Waals surface area contributed by atoms with E-state index in [1.165, 1.54) is 0 Å². The Morgan fingerprint density at radius 3 is 2.00 bits per heavy atom. The zero-order valence-corrected chi connectivity index (χ0v) is 18.7. The first-order valence-electron chi connectivity index (χ1n) is 5.22. The molecule has 0 saturated heterocycles. The maximum Gasteiger partial charge on any atom is 1.00 e. The summed E-state index contributed by atoms with van der Waals surface area (Å²) in [5.74, 6) is -3.56. The zero-order chi connectivity index (χ0) is 15.7. The van der Waals surface area contributed by atoms with Crippen LogP contribution in [0, 0.1) is 0 Å². The molecule has 0 aromatic rings. The van der Waals surface area contributed by atoms with Crippen LogP contribution in [-0.2, 0) is 19.4 Å². The minimum absolute atomic E-state index is 0. The summed E-state index contributed by atoms with van der Waals surface area (Å²) >= 11 is 0. The van der Waals surface area contributed by atoms with Crippen molar-refractivity contribution in [1.29, 1.82) is 0 Å². The Balaban J connectivity index is -0.00000180. The van der Waals surface area contributed by atoms with E-state index in [0.717, 1.165) is 9.80 Å². The summed E-state index contributed by atoms with van der Waals surface area (Å²) in [5, 5.41) is 37.8. The van der Waals surface area contributed by atoms with Crippen LogP contribution in [0.3, 0.4) is 0 Å². The molecule has 2 N–H and O–H groups in total. The molecule has 0 atom stereocenters. The molecule has 0 aromatic carbocycles. The predicted octanol–water partition coefficient (Wildman–Crippen LogP) is -8.84. The normalized spacial score (nSPS) is 9.05. The van der Waals surface area contributed by atoms with Gasteiger partial charge in [0, 0.05) is 19.6 Å². The Labute approximate surface area is 212 Å². The van der Waals surface area contributed by atoms with E-state index in [9.17, 15) is 20.0 Å². The molecular weight excluding hydrogens is 354 g/mol. The van der Waals surface area contributed by atoms with Crippen LogP contribution in [-0.4, -0.2) is 58.3 Å². The largest absolute Gasteiger partial charge is 1.00 e. The van der Waals surface area contributed by atoms with Gasteiger partial charge in [-0.1, -0.05) is 0 Å². The van der Waals surface area contributed by atoms with Crippen LogP contribution in [0.2, 0.25) is 0 Å². The predicted molar refractivity (Wildman–Crippen MR) is 58.9 cm³/mol. The number of carboxylic acid groups (broad SMARTS) is 2. The quantitative estimate of drug-likeness (QED) is 0.156. The van der Waals surface area contributed by atoms with Gasteiger partial charge in [-0.25, -0.2) is 5.26 Å². The van der Waals surface area contributed by atoms with Gasteiger partial charge in [0.15, 0.2) is 5.88 Å². The average molecular weight is 368 g/mol. The Bertz CT molecular complexity index is 361. The number of hydrogen-bond donors (Lipinski definition) is 2. The van der Waals surface area contributed by atoms with Crippen LogP contribution in [0.15, 0.2) is 24.9 Å². The Kier molecular flexibility index (Phi) is 19.6. The molecule has 0 heterocycles. The summed E-state index contributed by atoms with van der Waals surface area (Å²) in [6, 6.07) is 0. The third-order valence-corrected chi connectivity index (χ3v) is 2.16. The molecule has 0 fully saturated rings. The maximum absolute atomic E-state index is 10.6. The van der Waals surface area contributed by atoms with Gasteiger partial charge in [-0.05, 0) is 13.2 Å². The van der Waals surface area contributed by atoms with Gasteiger partial charge in [0.05, 0.1) is 12.5 Å². The summed E-state index contributed by atoms with van der Waals surface area (Å²) in [7, 11) is 0. The van der Waals surface area contributed by atoms with Crippen LogP contribution >= 0.6 is 0 Å². The van der Waals surface area contributed by atoms with E-state index in [1.54, 1.807) is 0 Å². The first-order chi connectivity index (χ1) is 9.31. The van der Waals surface area contributed by atoms with Gasteiger partial charge in [-0.3, -0.25) is 14.6 Å². The van der Waals surface area contributed by atoms with Crippen molar-refractivity contribution >= 4 is 11.9 Å². The van der Waals surface area contributed by atoms with E-state index in [4.69, 9.17) is 10.4 Å². The topological polar surface area (TPSA) is 146 Å². The standard InChI is InChI=1S/C10H16N2O8.2K/c1-7(19-17)12(8(2)20-18)4-3-11(5-9(13)14)6-10(15)16;;/h17-18H,1-6H2,(H,13,14)(H,15,16);;/q;2*+1/p-2. The van der Waals surface area contributed by atoms with E-state index < -0.39 is 36.8 Å². The van der Waals surface area contributed by atoms with Crippen LogP contribution in [0.25, 0.3) is 0 Å². The van der Waals surface area contributed by atoms with E-state index in [0.29, 0.717) is 0 Å². The van der Waals surface area contributed by atoms with Crippen LogP contribution in [0.4, 0.5) is 0 Å². The van der Waals surface area contributed by atoms with Crippen molar-refractivity contribution in [1.82, 2.24) is 9.80 Å². The number of carbonyl (C=O) groups excluding carboxylic acids is 1. The smallest absolute Gasteiger partial charge is 0.663 e. The Hall–Kier alpha value is 0.973. The number of aliphatic carboxylic acids is 2. The third kappa shape index (κ3) is 12.4. The summed E-state index contributed by atoms with van der Waals surface area (Å²) in [5.41, 5.74) is 0. The fraction of sp³-hybridized carbons (Fsp3) is 0.400. The Morgan fingerprint density at radius 2 is 1.64 bits per heavy atom. The van der Waals surface area contributed by atoms with Gasteiger partial charge in [0.2, 0.25) is 5.88 Å². The number of carbonyl (C=O) groups is 2. The summed E-state index contributed by atoms with van der Waals surface area (Å²) in [6.07, 6.45) is 0. The van der Waals surface area contributed by atoms with Gasteiger partial charge >= 0.3 is 109 Å². The minimum atomic E-state index is -1.46. The van der Waals surface area contributed by atoms with E-state index in [1.807, 2.05) is 0 Å². The van der Waals surface area contributed by atoms with Crippen molar-refractivity contribution in [2.45, 2.75) is 0 Å². The molecule has 0 aliphatic rings. The van der Waals surface area contributed by atoms with Gasteiger partial charge in [-0.15, -0.1) is 0 Å². The summed E-state index contributed by atoms with van der Waals surface area (Å²) < 4.78 is 0. The molecule has 114 valence electrons. The van der Waals surface area contributed by atoms with E-state index in [-0.39, 0.29) is 116 Å². The van der Waals surface area contributed by atoms with Crippen molar-refractivity contribution in [2.75, 3.05) is 26.2 Å². The molecule has 0 unspecified atom stereocenters. The summed E-state index contributed by atoms with van der Waals surface area (Å²) in [6.45, 7) is 5.01. The fourth-order valence-electron chi connectivity index (χ4n) is 1.31. The van der Waals surface area contributed by atoms with E-state index >= 15 is 0 Å². The molecule has 10 nitrogen and oxygen atoms in total. The molecule has 0 radical (unpaired) electrons. The molecule has 12 heteroatoms. The van der Waals surface area contributed by atoms with Crippen LogP contribution in [0.1, 0.15) is 0 Å². The molecule has 0 aliphatic carbocycles. The Morgan fingerprint density at radius 1 is 1.09 bits per heavy atom. The van der Waals surface area contributed by atoms with Crippen molar-refractivity contribution in [3.63, 3.8) is 0 Å². The molecule has 0 rings (SSSR count). The zero-order valence-electron chi connectivity index (χ0n) is 12.5. The number of carboxylic acids is 2. The second-order valence-corrected chi connectivity index (χ2v) is 3.59. The van der Waals surface area contributed by atoms with Gasteiger partial charge < -0.3 is 30.0 Å². The SMILES string of the molecule is C=C(O[O-])N(CCN(CC(=O)[O-])CC(=O)O)C(=C)OO.[K+].[K+]. The van der Waals surface area contributed by atoms with Gasteiger partial charge in [0.25, 0.3) is 0 Å². The molecular formula is C10H14K2N2O8. The molecule has 0 bridgehead atoms. The second-order valence-electron chi connectivity index (χ2n) is 3.59. The van der Waals surface area contributed by atoms with Crippen molar-refractivity contribution in [3.8, 4) is 0 Å². The average Bonchev–Trinajstić information content (AvgIpc) is 2.36. The molecule has 0 aromatic heterocycles. The number of rotatable bonds is 11. The van der Waals surface area contributed by atoms with Crippen LogP contribution in [0.5, 0.6) is 0 Å². The molecule has 22 heavy (non-hydrogen) atoms. The molecule has 0 aliphatic heterocycles. The summed E-state index contributed by atoms with van der Waals surface area (Å²) in [4.78, 5) is 30.4. The van der Waals surface area contributed by atoms with Crippen LogP contribution < -0.4 is 113 Å². The monoisotopic (exact) mass is 368 g/mol. The fourth-order valence-corrected chi connectivity index (χ4v) is 1.31. The molecule has 0 amide bonds. The first-order valence-corrected chi connectivity index (χ1v) is 5.22. The van der Waals surface area contributed by atoms with Gasteiger partial charge in [-0.2, -0.15) is 0 Å². The number of nitrogens with zero attached hydrogens (tertiary/aromatic N) is 2. The van der Waals surface area contributed by atoms with Crippen molar-refractivity contribution < 1.29 is 143 Å². The van der Waals surface area contributed by atoms with Crippen molar-refractivity contribution in [3.05, 3.63) is 24.9 Å². The van der Waals surface area contributed by atoms with Gasteiger partial charge in [0.1, 0.15) is 0 Å².